The van der Waals surface area contributed by atoms with Gasteiger partial charge in [-0.1, -0.05) is 134 Å². The van der Waals surface area contributed by atoms with Crippen molar-refractivity contribution in [3.8, 4) is 0 Å². The van der Waals surface area contributed by atoms with Gasteiger partial charge in [-0.2, -0.15) is 0 Å². The Morgan fingerprint density at radius 3 is 1.36 bits per heavy atom. The normalized spacial score (nSPS) is 26.1. The maximum Gasteiger partial charge on any atom is 0.321 e. The van der Waals surface area contributed by atoms with E-state index >= 15 is 0 Å². The third kappa shape index (κ3) is 10.3. The van der Waals surface area contributed by atoms with E-state index in [1.807, 2.05) is 36.4 Å². The van der Waals surface area contributed by atoms with Crippen LogP contribution in [0, 0.1) is 41.4 Å². The standard InChI is InChI=1S/C48H68O7/c1-31-25-27-36(47(6,7)34-21-15-11-16-22-34)38(29-31)53-43(50)41(40(45(52)55-46(3,4)5)42(49)33-19-13-10-14-20-33)44(51)54-39-30-32(2)26-28-37(39)48(8,9)35-23-17-12-18-24-35/h11-12,15-18,21-24,31-33,36-41H,10,13-14,19-20,25-30H2,1-9H3/t31-,32-,36-,37-,38-,39-,40-/m1/s1. The molecule has 0 heterocycles. The van der Waals surface area contributed by atoms with Crippen molar-refractivity contribution in [2.45, 2.75) is 162 Å². The Labute approximate surface area is 331 Å². The molecule has 3 fully saturated rings. The fourth-order valence-corrected chi connectivity index (χ4v) is 9.97. The molecule has 55 heavy (non-hydrogen) atoms. The fraction of sp³-hybridized carbons (Fsp3) is 0.667. The lowest BCUT2D eigenvalue weighted by Crippen LogP contribution is -2.51. The summed E-state index contributed by atoms with van der Waals surface area (Å²) in [6, 6.07) is 20.5. The first kappa shape index (κ1) is 42.7. The Morgan fingerprint density at radius 2 is 0.964 bits per heavy atom. The number of carbonyl (C=O) groups is 4. The highest BCUT2D eigenvalue weighted by Crippen LogP contribution is 2.46. The summed E-state index contributed by atoms with van der Waals surface area (Å²) < 4.78 is 19.0. The van der Waals surface area contributed by atoms with Crippen molar-refractivity contribution < 1.29 is 33.4 Å². The Kier molecular flexibility index (Phi) is 13.8. The molecule has 0 aliphatic heterocycles. The van der Waals surface area contributed by atoms with Gasteiger partial charge in [0.1, 0.15) is 23.7 Å². The van der Waals surface area contributed by atoms with Crippen molar-refractivity contribution in [1.82, 2.24) is 0 Å². The summed E-state index contributed by atoms with van der Waals surface area (Å²) in [5, 5.41) is 0. The number of Topliss-reactive ketones (excluding diaryl/α,β-unsaturated/α-hetero) is 1. The first-order chi connectivity index (χ1) is 25.9. The van der Waals surface area contributed by atoms with Crippen LogP contribution < -0.4 is 0 Å². The van der Waals surface area contributed by atoms with E-state index < -0.39 is 59.3 Å². The van der Waals surface area contributed by atoms with Crippen molar-refractivity contribution in [2.75, 3.05) is 0 Å². The fourth-order valence-electron chi connectivity index (χ4n) is 9.97. The Bertz CT molecular complexity index is 1510. The predicted molar refractivity (Wildman–Crippen MR) is 216 cm³/mol. The van der Waals surface area contributed by atoms with Crippen LogP contribution >= 0.6 is 0 Å². The number of esters is 3. The number of rotatable bonds is 12. The molecule has 302 valence electrons. The van der Waals surface area contributed by atoms with Gasteiger partial charge in [-0.25, -0.2) is 0 Å². The summed E-state index contributed by atoms with van der Waals surface area (Å²) in [4.78, 5) is 59.0. The molecule has 0 unspecified atom stereocenters. The third-order valence-electron chi connectivity index (χ3n) is 13.3. The lowest BCUT2D eigenvalue weighted by Gasteiger charge is -2.45. The van der Waals surface area contributed by atoms with E-state index in [0.717, 1.165) is 56.1 Å². The first-order valence-electron chi connectivity index (χ1n) is 21.2. The molecule has 2 aromatic carbocycles. The molecule has 3 aliphatic rings. The van der Waals surface area contributed by atoms with Gasteiger partial charge >= 0.3 is 17.9 Å². The molecule has 0 saturated heterocycles. The van der Waals surface area contributed by atoms with Crippen LogP contribution in [0.1, 0.15) is 144 Å². The number of ketones is 1. The maximum atomic E-state index is 15.0. The SMILES string of the molecule is C[C@@H]1CC[C@@H](C(C)(C)c2ccccc2)[C@H](OC(=O)C(C(=O)O[C@@H]2C[C@H](C)CC[C@H]2C(C)(C)c2ccccc2)[C@@H](C(=O)OC(C)(C)C)C(=O)C2CCCCC2)C1. The number of ether oxygens (including phenoxy) is 3. The van der Waals surface area contributed by atoms with Crippen LogP contribution in [0.3, 0.4) is 0 Å². The van der Waals surface area contributed by atoms with Gasteiger partial charge in [-0.3, -0.25) is 19.2 Å². The van der Waals surface area contributed by atoms with Crippen LogP contribution in [0.2, 0.25) is 0 Å². The van der Waals surface area contributed by atoms with E-state index in [-0.39, 0.29) is 22.7 Å². The molecule has 0 aromatic heterocycles. The molecule has 3 aliphatic carbocycles. The first-order valence-corrected chi connectivity index (χ1v) is 21.2. The topological polar surface area (TPSA) is 96.0 Å². The van der Waals surface area contributed by atoms with Gasteiger partial charge < -0.3 is 14.2 Å². The van der Waals surface area contributed by atoms with Crippen LogP contribution in [-0.2, 0) is 44.2 Å². The second-order valence-electron chi connectivity index (χ2n) is 19.4. The number of hydrogen-bond acceptors (Lipinski definition) is 7. The van der Waals surface area contributed by atoms with Crippen molar-refractivity contribution in [1.29, 1.82) is 0 Å². The van der Waals surface area contributed by atoms with E-state index in [9.17, 15) is 19.2 Å². The molecule has 0 spiro atoms. The van der Waals surface area contributed by atoms with Crippen molar-refractivity contribution >= 4 is 23.7 Å². The third-order valence-corrected chi connectivity index (χ3v) is 13.3. The van der Waals surface area contributed by atoms with Crippen LogP contribution in [0.5, 0.6) is 0 Å². The van der Waals surface area contributed by atoms with E-state index in [1.165, 1.54) is 0 Å². The van der Waals surface area contributed by atoms with Crippen LogP contribution in [0.4, 0.5) is 0 Å². The number of carbonyl (C=O) groups excluding carboxylic acids is 4. The molecule has 5 rings (SSSR count). The highest BCUT2D eigenvalue weighted by molar-refractivity contribution is 6.10. The summed E-state index contributed by atoms with van der Waals surface area (Å²) in [5.41, 5.74) is 0.639. The molecule has 2 aromatic rings. The highest BCUT2D eigenvalue weighted by atomic mass is 16.6. The number of benzene rings is 2. The van der Waals surface area contributed by atoms with Gasteiger partial charge in [0, 0.05) is 17.8 Å². The Morgan fingerprint density at radius 1 is 0.545 bits per heavy atom. The van der Waals surface area contributed by atoms with Crippen LogP contribution in [-0.4, -0.2) is 41.5 Å². The summed E-state index contributed by atoms with van der Waals surface area (Å²) in [6.45, 7) is 18.3. The smallest absolute Gasteiger partial charge is 0.321 e. The molecule has 7 nitrogen and oxygen atoms in total. The second kappa shape index (κ2) is 17.8. The largest absolute Gasteiger partial charge is 0.461 e. The average Bonchev–Trinajstić information content (AvgIpc) is 3.13. The van der Waals surface area contributed by atoms with Crippen molar-refractivity contribution in [3.63, 3.8) is 0 Å². The van der Waals surface area contributed by atoms with Crippen LogP contribution in [0.25, 0.3) is 0 Å². The molecule has 0 amide bonds. The summed E-state index contributed by atoms with van der Waals surface area (Å²) in [6.07, 6.45) is 7.76. The molecular weight excluding hydrogens is 689 g/mol. The average molecular weight is 757 g/mol. The summed E-state index contributed by atoms with van der Waals surface area (Å²) in [5.74, 6) is -6.39. The summed E-state index contributed by atoms with van der Waals surface area (Å²) >= 11 is 0. The van der Waals surface area contributed by atoms with Gasteiger partial charge in [0.25, 0.3) is 0 Å². The van der Waals surface area contributed by atoms with Crippen molar-refractivity contribution in [2.24, 2.45) is 41.4 Å². The quantitative estimate of drug-likeness (QED) is 0.121. The zero-order chi connectivity index (χ0) is 40.1. The van der Waals surface area contributed by atoms with Gasteiger partial charge in [-0.15, -0.1) is 0 Å². The van der Waals surface area contributed by atoms with Crippen LogP contribution in [0.15, 0.2) is 60.7 Å². The highest BCUT2D eigenvalue weighted by Gasteiger charge is 2.53. The number of hydrogen-bond donors (Lipinski definition) is 0. The minimum atomic E-state index is -1.78. The maximum absolute atomic E-state index is 15.0. The molecule has 0 radical (unpaired) electrons. The Hall–Kier alpha value is -3.48. The molecule has 0 bridgehead atoms. The molecular formula is C48H68O7. The lowest BCUT2D eigenvalue weighted by atomic mass is 9.64. The van der Waals surface area contributed by atoms with Gasteiger partial charge in [0.15, 0.2) is 11.7 Å². The summed E-state index contributed by atoms with van der Waals surface area (Å²) in [7, 11) is 0. The second-order valence-corrected chi connectivity index (χ2v) is 19.4. The molecule has 7 atom stereocenters. The van der Waals surface area contributed by atoms with E-state index in [4.69, 9.17) is 14.2 Å². The van der Waals surface area contributed by atoms with Gasteiger partial charge in [0.05, 0.1) is 0 Å². The minimum Gasteiger partial charge on any atom is -0.461 e. The zero-order valence-corrected chi connectivity index (χ0v) is 35.1. The monoisotopic (exact) mass is 756 g/mol. The van der Waals surface area contributed by atoms with E-state index in [0.29, 0.717) is 37.5 Å². The Balaban J connectivity index is 1.55. The van der Waals surface area contributed by atoms with E-state index in [1.54, 1.807) is 20.8 Å². The van der Waals surface area contributed by atoms with E-state index in [2.05, 4.69) is 65.8 Å². The lowest BCUT2D eigenvalue weighted by molar-refractivity contribution is -0.187. The molecule has 3 saturated carbocycles. The zero-order valence-electron chi connectivity index (χ0n) is 35.1. The van der Waals surface area contributed by atoms with Gasteiger partial charge in [0.2, 0.25) is 0 Å². The molecule has 7 heteroatoms. The predicted octanol–water partition coefficient (Wildman–Crippen LogP) is 10.4. The molecule has 0 N–H and O–H groups in total. The van der Waals surface area contributed by atoms with Crippen molar-refractivity contribution in [3.05, 3.63) is 71.8 Å². The minimum absolute atomic E-state index is 0.0454. The van der Waals surface area contributed by atoms with Gasteiger partial charge in [-0.05, 0) is 93.1 Å².